The van der Waals surface area contributed by atoms with Crippen molar-refractivity contribution in [3.8, 4) is 5.75 Å². The molecule has 3 nitrogen and oxygen atoms in total. The van der Waals surface area contributed by atoms with Gasteiger partial charge in [-0.3, -0.25) is 4.79 Å². The summed E-state index contributed by atoms with van der Waals surface area (Å²) >= 11 is 4.76. The van der Waals surface area contributed by atoms with Crippen molar-refractivity contribution >= 4 is 38.9 Å². The van der Waals surface area contributed by atoms with Crippen LogP contribution in [0.15, 0.2) is 64.5 Å². The maximum atomic E-state index is 12.6. The number of benzene rings is 2. The number of thiophene rings is 1. The third-order valence-electron chi connectivity index (χ3n) is 4.15. The van der Waals surface area contributed by atoms with Crippen molar-refractivity contribution in [1.29, 1.82) is 0 Å². The molecule has 3 aromatic rings. The highest BCUT2D eigenvalue weighted by Gasteiger charge is 2.16. The number of carbonyl (C=O) groups excluding carboxylic acids is 1. The highest BCUT2D eigenvalue weighted by molar-refractivity contribution is 9.10. The normalized spacial score (nSPS) is 11.3. The molecule has 1 N–H and O–H groups in total. The minimum absolute atomic E-state index is 0.130. The van der Waals surface area contributed by atoms with Gasteiger partial charge in [-0.05, 0) is 52.3 Å². The van der Waals surface area contributed by atoms with Crippen LogP contribution in [-0.4, -0.2) is 5.91 Å². The first-order valence-electron chi connectivity index (χ1n) is 8.69. The van der Waals surface area contributed by atoms with Crippen molar-refractivity contribution in [3.05, 3.63) is 80.5 Å². The number of hydrogen-bond donors (Lipinski definition) is 1. The van der Waals surface area contributed by atoms with Crippen LogP contribution in [-0.2, 0) is 12.0 Å². The number of rotatable bonds is 5. The van der Waals surface area contributed by atoms with E-state index in [1.54, 1.807) is 0 Å². The Morgan fingerprint density at radius 2 is 1.70 bits per heavy atom. The molecule has 0 fully saturated rings. The summed E-state index contributed by atoms with van der Waals surface area (Å²) in [5.41, 5.74) is 3.25. The number of amides is 1. The molecule has 27 heavy (non-hydrogen) atoms. The summed E-state index contributed by atoms with van der Waals surface area (Å²) in [5, 5.41) is 4.77. The second kappa shape index (κ2) is 8.28. The second-order valence-corrected chi connectivity index (χ2v) is 9.14. The lowest BCUT2D eigenvalue weighted by Gasteiger charge is -2.19. The molecule has 1 aromatic heterocycles. The monoisotopic (exact) mass is 443 g/mol. The molecule has 0 aliphatic heterocycles. The van der Waals surface area contributed by atoms with Crippen molar-refractivity contribution in [2.75, 3.05) is 5.32 Å². The number of halogens is 1. The van der Waals surface area contributed by atoms with E-state index < -0.39 is 0 Å². The Morgan fingerprint density at radius 3 is 2.33 bits per heavy atom. The predicted octanol–water partition coefficient (Wildman–Crippen LogP) is 6.64. The summed E-state index contributed by atoms with van der Waals surface area (Å²) in [5.74, 6) is 0.444. The van der Waals surface area contributed by atoms with E-state index in [4.69, 9.17) is 4.74 Å². The number of anilines is 1. The molecule has 5 heteroatoms. The summed E-state index contributed by atoms with van der Waals surface area (Å²) in [6.45, 7) is 7.01. The molecule has 1 amide bonds. The maximum absolute atomic E-state index is 12.6. The molecule has 0 unspecified atom stereocenters. The molecule has 0 saturated carbocycles. The average molecular weight is 444 g/mol. The largest absolute Gasteiger partial charge is 0.487 e. The fourth-order valence-electron chi connectivity index (χ4n) is 2.56. The maximum Gasteiger partial charge on any atom is 0.269 e. The van der Waals surface area contributed by atoms with Crippen LogP contribution >= 0.6 is 27.3 Å². The van der Waals surface area contributed by atoms with Crippen LogP contribution in [0.5, 0.6) is 5.75 Å². The van der Waals surface area contributed by atoms with E-state index in [9.17, 15) is 4.79 Å². The Labute approximate surface area is 172 Å². The molecule has 140 valence electrons. The van der Waals surface area contributed by atoms with Gasteiger partial charge in [0.15, 0.2) is 0 Å². The smallest absolute Gasteiger partial charge is 0.269 e. The van der Waals surface area contributed by atoms with Crippen molar-refractivity contribution in [3.63, 3.8) is 0 Å². The Morgan fingerprint density at radius 1 is 1.04 bits per heavy atom. The molecular weight excluding hydrogens is 422 g/mol. The lowest BCUT2D eigenvalue weighted by Crippen LogP contribution is -2.12. The van der Waals surface area contributed by atoms with Gasteiger partial charge in [-0.15, -0.1) is 11.3 Å². The van der Waals surface area contributed by atoms with E-state index in [-0.39, 0.29) is 11.3 Å². The first kappa shape index (κ1) is 19.6. The molecular formula is C22H22BrNO2S. The fourth-order valence-corrected chi connectivity index (χ4v) is 3.55. The van der Waals surface area contributed by atoms with Crippen molar-refractivity contribution in [2.45, 2.75) is 32.8 Å². The zero-order valence-electron chi connectivity index (χ0n) is 15.6. The molecule has 1 heterocycles. The summed E-state index contributed by atoms with van der Waals surface area (Å²) in [7, 11) is 0. The number of carbonyl (C=O) groups is 1. The lowest BCUT2D eigenvalue weighted by atomic mass is 9.87. The summed E-state index contributed by atoms with van der Waals surface area (Å²) in [6, 6.07) is 17.7. The second-order valence-electron chi connectivity index (χ2n) is 7.31. The lowest BCUT2D eigenvalue weighted by molar-refractivity contribution is 0.102. The van der Waals surface area contributed by atoms with Crippen molar-refractivity contribution in [1.82, 2.24) is 0 Å². The topological polar surface area (TPSA) is 38.3 Å². The third-order valence-corrected chi connectivity index (χ3v) is 5.57. The molecule has 0 aliphatic carbocycles. The highest BCUT2D eigenvalue weighted by Crippen LogP contribution is 2.28. The minimum atomic E-state index is -0.162. The van der Waals surface area contributed by atoms with Crippen LogP contribution in [0.4, 0.5) is 5.69 Å². The van der Waals surface area contributed by atoms with E-state index in [2.05, 4.69) is 66.3 Å². The van der Waals surface area contributed by atoms with Gasteiger partial charge in [-0.2, -0.15) is 0 Å². The van der Waals surface area contributed by atoms with Gasteiger partial charge in [0.1, 0.15) is 17.2 Å². The molecule has 2 aromatic carbocycles. The number of ether oxygens (including phenoxy) is 1. The van der Waals surface area contributed by atoms with E-state index >= 15 is 0 Å². The molecule has 3 rings (SSSR count). The van der Waals surface area contributed by atoms with E-state index in [1.807, 2.05) is 35.7 Å². The summed E-state index contributed by atoms with van der Waals surface area (Å²) in [6.07, 6.45) is 0. The van der Waals surface area contributed by atoms with E-state index in [1.165, 1.54) is 16.9 Å². The summed E-state index contributed by atoms with van der Waals surface area (Å²) < 4.78 is 6.88. The van der Waals surface area contributed by atoms with Crippen LogP contribution in [0, 0.1) is 0 Å². The quantitative estimate of drug-likeness (QED) is 0.479. The third kappa shape index (κ3) is 5.21. The number of hydrogen-bond acceptors (Lipinski definition) is 3. The Hall–Kier alpha value is -2.11. The van der Waals surface area contributed by atoms with E-state index in [0.717, 1.165) is 15.7 Å². The Bertz CT molecular complexity index is 909. The molecule has 0 atom stereocenters. The molecule has 0 radical (unpaired) electrons. The SMILES string of the molecule is CC(C)(C)c1ccc(COc2ccsc2C(=O)Nc2ccc(Br)cc2)cc1. The Kier molecular flexibility index (Phi) is 6.02. The van der Waals surface area contributed by atoms with E-state index in [0.29, 0.717) is 17.2 Å². The van der Waals surface area contributed by atoms with Crippen molar-refractivity contribution < 1.29 is 9.53 Å². The van der Waals surface area contributed by atoms with Gasteiger partial charge in [-0.1, -0.05) is 61.0 Å². The van der Waals surface area contributed by atoms with Crippen LogP contribution in [0.3, 0.4) is 0 Å². The van der Waals surface area contributed by atoms with Gasteiger partial charge in [-0.25, -0.2) is 0 Å². The van der Waals surface area contributed by atoms with Gasteiger partial charge in [0.2, 0.25) is 0 Å². The Balaban J connectivity index is 1.64. The van der Waals surface area contributed by atoms with Gasteiger partial charge < -0.3 is 10.1 Å². The molecule has 0 saturated heterocycles. The zero-order chi connectivity index (χ0) is 19.4. The standard InChI is InChI=1S/C22H22BrNO2S/c1-22(2,3)16-6-4-15(5-7-16)14-26-19-12-13-27-20(19)21(25)24-18-10-8-17(23)9-11-18/h4-13H,14H2,1-3H3,(H,24,25). The van der Waals surface area contributed by atoms with Crippen molar-refractivity contribution in [2.24, 2.45) is 0 Å². The summed E-state index contributed by atoms with van der Waals surface area (Å²) in [4.78, 5) is 13.1. The van der Waals surface area contributed by atoms with Crippen LogP contribution in [0.25, 0.3) is 0 Å². The molecule has 0 spiro atoms. The zero-order valence-corrected chi connectivity index (χ0v) is 18.0. The number of nitrogens with one attached hydrogen (secondary N) is 1. The minimum Gasteiger partial charge on any atom is -0.487 e. The van der Waals surface area contributed by atoms with Crippen LogP contribution in [0.2, 0.25) is 0 Å². The average Bonchev–Trinajstić information content (AvgIpc) is 3.10. The van der Waals surface area contributed by atoms with Crippen LogP contribution < -0.4 is 10.1 Å². The van der Waals surface area contributed by atoms with Gasteiger partial charge in [0.05, 0.1) is 0 Å². The first-order chi connectivity index (χ1) is 12.8. The van der Waals surface area contributed by atoms with Crippen LogP contribution in [0.1, 0.15) is 41.6 Å². The van der Waals surface area contributed by atoms with Gasteiger partial charge in [0, 0.05) is 10.2 Å². The highest BCUT2D eigenvalue weighted by atomic mass is 79.9. The molecule has 0 bridgehead atoms. The predicted molar refractivity (Wildman–Crippen MR) is 116 cm³/mol. The van der Waals surface area contributed by atoms with Gasteiger partial charge in [0.25, 0.3) is 5.91 Å². The first-order valence-corrected chi connectivity index (χ1v) is 10.4. The molecule has 0 aliphatic rings. The van der Waals surface area contributed by atoms with Gasteiger partial charge >= 0.3 is 0 Å². The fraction of sp³-hybridized carbons (Fsp3) is 0.227.